The van der Waals surface area contributed by atoms with Crippen molar-refractivity contribution in [1.82, 2.24) is 4.90 Å². The Bertz CT molecular complexity index is 893. The Kier molecular flexibility index (Phi) is 5.00. The average Bonchev–Trinajstić information content (AvgIpc) is 3.17. The van der Waals surface area contributed by atoms with Crippen LogP contribution in [-0.4, -0.2) is 54.5 Å². The van der Waals surface area contributed by atoms with E-state index in [1.807, 2.05) is 41.0 Å². The van der Waals surface area contributed by atoms with Gasteiger partial charge in [-0.3, -0.25) is 19.8 Å². The first-order valence-electron chi connectivity index (χ1n) is 9.68. The zero-order valence-corrected chi connectivity index (χ0v) is 16.0. The van der Waals surface area contributed by atoms with Gasteiger partial charge in [0.15, 0.2) is 0 Å². The lowest BCUT2D eigenvalue weighted by Gasteiger charge is -2.39. The van der Waals surface area contributed by atoms with Gasteiger partial charge in [0, 0.05) is 44.5 Å². The van der Waals surface area contributed by atoms with Gasteiger partial charge in [-0.05, 0) is 31.0 Å². The second kappa shape index (κ2) is 7.59. The van der Waals surface area contributed by atoms with Gasteiger partial charge in [0.25, 0.3) is 5.69 Å². The molecule has 1 unspecified atom stereocenters. The van der Waals surface area contributed by atoms with E-state index < -0.39 is 0 Å². The van der Waals surface area contributed by atoms with Crippen LogP contribution in [0.2, 0.25) is 0 Å². The van der Waals surface area contributed by atoms with Crippen molar-refractivity contribution in [2.45, 2.75) is 19.4 Å². The van der Waals surface area contributed by atoms with Gasteiger partial charge in [-0.2, -0.15) is 0 Å². The number of para-hydroxylation sites is 3. The number of nitrogens with zero attached hydrogens (tertiary/aromatic N) is 4. The molecule has 4 rings (SSSR count). The van der Waals surface area contributed by atoms with Crippen LogP contribution in [0.1, 0.15) is 12.5 Å². The van der Waals surface area contributed by atoms with Gasteiger partial charge in [0.05, 0.1) is 11.0 Å². The fourth-order valence-corrected chi connectivity index (χ4v) is 4.18. The number of benzene rings is 2. The third kappa shape index (κ3) is 3.33. The molecule has 2 aliphatic rings. The molecular formula is C21H24N4O3. The first-order valence-corrected chi connectivity index (χ1v) is 9.68. The lowest BCUT2D eigenvalue weighted by atomic mass is 10.1. The van der Waals surface area contributed by atoms with Crippen LogP contribution in [0, 0.1) is 10.1 Å². The summed E-state index contributed by atoms with van der Waals surface area (Å²) in [6, 6.07) is 14.7. The normalized spacial score (nSPS) is 18.0. The molecule has 0 radical (unpaired) electrons. The fourth-order valence-electron chi connectivity index (χ4n) is 4.18. The minimum Gasteiger partial charge on any atom is -0.363 e. The predicted octanol–water partition coefficient (Wildman–Crippen LogP) is 2.69. The maximum absolute atomic E-state index is 13.1. The minimum atomic E-state index is -0.335. The summed E-state index contributed by atoms with van der Waals surface area (Å²) in [5, 5.41) is 11.3. The van der Waals surface area contributed by atoms with Crippen LogP contribution in [-0.2, 0) is 11.2 Å². The van der Waals surface area contributed by atoms with Crippen molar-refractivity contribution in [2.24, 2.45) is 0 Å². The number of anilines is 2. The number of nitro groups is 1. The molecule has 2 heterocycles. The molecule has 2 aromatic carbocycles. The van der Waals surface area contributed by atoms with Crippen molar-refractivity contribution in [2.75, 3.05) is 42.5 Å². The molecule has 28 heavy (non-hydrogen) atoms. The molecule has 7 nitrogen and oxygen atoms in total. The largest absolute Gasteiger partial charge is 0.363 e. The van der Waals surface area contributed by atoms with E-state index in [2.05, 4.69) is 11.0 Å². The molecule has 2 aromatic rings. The summed E-state index contributed by atoms with van der Waals surface area (Å²) in [5.41, 5.74) is 3.04. The monoisotopic (exact) mass is 380 g/mol. The Balaban J connectivity index is 1.42. The summed E-state index contributed by atoms with van der Waals surface area (Å²) >= 11 is 0. The smallest absolute Gasteiger partial charge is 0.292 e. The third-order valence-corrected chi connectivity index (χ3v) is 5.79. The lowest BCUT2D eigenvalue weighted by Crippen LogP contribution is -2.54. The summed E-state index contributed by atoms with van der Waals surface area (Å²) in [6.45, 7) is 5.43. The molecule has 1 fully saturated rings. The van der Waals surface area contributed by atoms with E-state index in [0.717, 1.165) is 18.7 Å². The molecule has 0 N–H and O–H groups in total. The van der Waals surface area contributed by atoms with Gasteiger partial charge in [-0.25, -0.2) is 0 Å². The van der Waals surface area contributed by atoms with Gasteiger partial charge < -0.3 is 9.80 Å². The van der Waals surface area contributed by atoms with E-state index >= 15 is 0 Å². The van der Waals surface area contributed by atoms with Crippen LogP contribution >= 0.6 is 0 Å². The zero-order chi connectivity index (χ0) is 19.7. The lowest BCUT2D eigenvalue weighted by molar-refractivity contribution is -0.384. The number of carbonyl (C=O) groups is 1. The number of fused-ring (bicyclic) bond motifs is 1. The van der Waals surface area contributed by atoms with Gasteiger partial charge in [-0.1, -0.05) is 30.3 Å². The molecule has 0 aromatic heterocycles. The SMILES string of the molecule is CC(C(=O)N1CCc2ccccc21)N1CCN(c2ccccc2[N+](=O)[O-])CC1. The number of piperazine rings is 1. The van der Waals surface area contributed by atoms with Crippen LogP contribution in [0.5, 0.6) is 0 Å². The highest BCUT2D eigenvalue weighted by Gasteiger charge is 2.33. The Morgan fingerprint density at radius 2 is 1.61 bits per heavy atom. The second-order valence-electron chi connectivity index (χ2n) is 7.31. The number of rotatable bonds is 4. The summed E-state index contributed by atoms with van der Waals surface area (Å²) < 4.78 is 0. The van der Waals surface area contributed by atoms with Crippen molar-refractivity contribution >= 4 is 23.0 Å². The maximum atomic E-state index is 13.1. The number of nitro benzene ring substituents is 1. The highest BCUT2D eigenvalue weighted by atomic mass is 16.6. The van der Waals surface area contributed by atoms with Crippen molar-refractivity contribution in [1.29, 1.82) is 0 Å². The number of hydrogen-bond donors (Lipinski definition) is 0. The van der Waals surface area contributed by atoms with Gasteiger partial charge in [0.1, 0.15) is 5.69 Å². The maximum Gasteiger partial charge on any atom is 0.292 e. The van der Waals surface area contributed by atoms with E-state index in [0.29, 0.717) is 31.9 Å². The molecule has 7 heteroatoms. The fraction of sp³-hybridized carbons (Fsp3) is 0.381. The number of amides is 1. The van der Waals surface area contributed by atoms with Crippen LogP contribution < -0.4 is 9.80 Å². The Morgan fingerprint density at radius 1 is 0.964 bits per heavy atom. The first kappa shape index (κ1) is 18.4. The molecule has 0 bridgehead atoms. The van der Waals surface area contributed by atoms with Crippen molar-refractivity contribution in [3.8, 4) is 0 Å². The highest BCUT2D eigenvalue weighted by Crippen LogP contribution is 2.30. The topological polar surface area (TPSA) is 69.9 Å². The van der Waals surface area contributed by atoms with Crippen molar-refractivity contribution < 1.29 is 9.72 Å². The standard InChI is InChI=1S/C21H24N4O3/c1-16(21(26)24-11-10-17-6-2-3-7-18(17)24)22-12-14-23(15-13-22)19-8-4-5-9-20(19)25(27)28/h2-9,16H,10-15H2,1H3. The molecule has 2 aliphatic heterocycles. The van der Waals surface area contributed by atoms with Gasteiger partial charge in [0.2, 0.25) is 5.91 Å². The number of hydrogen-bond acceptors (Lipinski definition) is 5. The molecule has 1 atom stereocenters. The molecule has 0 spiro atoms. The summed E-state index contributed by atoms with van der Waals surface area (Å²) in [7, 11) is 0. The van der Waals surface area contributed by atoms with Crippen molar-refractivity contribution in [3.63, 3.8) is 0 Å². The van der Waals surface area contributed by atoms with Crippen LogP contribution in [0.3, 0.4) is 0 Å². The molecule has 146 valence electrons. The Hall–Kier alpha value is -2.93. The molecule has 0 saturated carbocycles. The van der Waals surface area contributed by atoms with Gasteiger partial charge >= 0.3 is 0 Å². The highest BCUT2D eigenvalue weighted by molar-refractivity contribution is 5.98. The quantitative estimate of drug-likeness (QED) is 0.603. The summed E-state index contributed by atoms with van der Waals surface area (Å²) in [6.07, 6.45) is 0.903. The van der Waals surface area contributed by atoms with E-state index in [-0.39, 0.29) is 22.6 Å². The van der Waals surface area contributed by atoms with Crippen LogP contribution in [0.25, 0.3) is 0 Å². The number of carbonyl (C=O) groups excluding carboxylic acids is 1. The van der Waals surface area contributed by atoms with Gasteiger partial charge in [-0.15, -0.1) is 0 Å². The molecule has 1 saturated heterocycles. The minimum absolute atomic E-state index is 0.129. The van der Waals surface area contributed by atoms with E-state index in [4.69, 9.17) is 0 Å². The Morgan fingerprint density at radius 3 is 2.32 bits per heavy atom. The average molecular weight is 380 g/mol. The van der Waals surface area contributed by atoms with Crippen LogP contribution in [0.4, 0.5) is 17.1 Å². The summed E-state index contributed by atoms with van der Waals surface area (Å²) in [4.78, 5) is 30.2. The molecule has 0 aliphatic carbocycles. The molecular weight excluding hydrogens is 356 g/mol. The zero-order valence-electron chi connectivity index (χ0n) is 16.0. The van der Waals surface area contributed by atoms with Crippen molar-refractivity contribution in [3.05, 3.63) is 64.2 Å². The van der Waals surface area contributed by atoms with Crippen LogP contribution in [0.15, 0.2) is 48.5 Å². The summed E-state index contributed by atoms with van der Waals surface area (Å²) in [5.74, 6) is 0.129. The second-order valence-corrected chi connectivity index (χ2v) is 7.31. The molecule has 1 amide bonds. The van der Waals surface area contributed by atoms with E-state index in [1.165, 1.54) is 5.56 Å². The third-order valence-electron chi connectivity index (χ3n) is 5.79. The first-order chi connectivity index (χ1) is 13.6. The van der Waals surface area contributed by atoms with E-state index in [1.54, 1.807) is 18.2 Å². The predicted molar refractivity (Wildman–Crippen MR) is 109 cm³/mol. The van der Waals surface area contributed by atoms with E-state index in [9.17, 15) is 14.9 Å². The Labute approximate surface area is 164 Å².